The van der Waals surface area contributed by atoms with Crippen LogP contribution in [0.5, 0.6) is 5.75 Å². The molecule has 2 heterocycles. The number of esters is 4. The van der Waals surface area contributed by atoms with Crippen LogP contribution >= 0.6 is 54.5 Å². The van der Waals surface area contributed by atoms with Crippen LogP contribution in [0.3, 0.4) is 0 Å². The maximum atomic E-state index is 12.9. The number of fused-ring (bicyclic) bond motifs is 6. The summed E-state index contributed by atoms with van der Waals surface area (Å²) in [6.07, 6.45) is 2.42. The molecule has 0 saturated heterocycles. The van der Waals surface area contributed by atoms with E-state index in [9.17, 15) is 52.7 Å². The van der Waals surface area contributed by atoms with Gasteiger partial charge in [0.15, 0.2) is 6.61 Å². The third-order valence-corrected chi connectivity index (χ3v) is 20.2. The number of unbranched alkanes of at least 4 members (excludes halogenated alkanes) is 2. The van der Waals surface area contributed by atoms with Crippen molar-refractivity contribution in [3.63, 3.8) is 0 Å². The van der Waals surface area contributed by atoms with Crippen molar-refractivity contribution in [3.8, 4) is 28.0 Å². The van der Waals surface area contributed by atoms with Gasteiger partial charge in [0.1, 0.15) is 47.0 Å². The van der Waals surface area contributed by atoms with Gasteiger partial charge in [-0.3, -0.25) is 24.0 Å². The van der Waals surface area contributed by atoms with Crippen molar-refractivity contribution in [1.29, 1.82) is 0 Å². The number of alkyl carbamates (subject to hydrolysis) is 3. The topological polar surface area (TPSA) is 356 Å². The molecule has 0 saturated carbocycles. The molecule has 2 atom stereocenters. The summed E-state index contributed by atoms with van der Waals surface area (Å²) in [6, 6.07) is 46.1. The number of alkyl halides is 2. The molecule has 2 aliphatic rings. The Morgan fingerprint density at radius 2 is 0.969 bits per heavy atom. The van der Waals surface area contributed by atoms with Gasteiger partial charge in [-0.1, -0.05) is 160 Å². The number of hydrogen-bond donors (Lipinski definition) is 5. The van der Waals surface area contributed by atoms with E-state index in [2.05, 4.69) is 94.7 Å². The van der Waals surface area contributed by atoms with E-state index in [0.717, 1.165) is 53.1 Å². The summed E-state index contributed by atoms with van der Waals surface area (Å²) in [6.45, 7) is 35.1. The van der Waals surface area contributed by atoms with Gasteiger partial charge in [-0.2, -0.15) is 5.10 Å². The van der Waals surface area contributed by atoms with Gasteiger partial charge in [-0.25, -0.2) is 44.4 Å². The molecule has 2 aromatic heterocycles. The van der Waals surface area contributed by atoms with Gasteiger partial charge in [-0.05, 0) is 242 Å². The molecule has 0 aliphatic heterocycles. The molecule has 0 bridgehead atoms. The third kappa shape index (κ3) is 44.3. The average Bonchev–Trinajstić information content (AvgIpc) is 1.62. The number of nitrogens with zero attached hydrogens (tertiary/aromatic N) is 2. The van der Waals surface area contributed by atoms with Gasteiger partial charge in [0.25, 0.3) is 5.91 Å². The summed E-state index contributed by atoms with van der Waals surface area (Å²) in [4.78, 5) is 134. The van der Waals surface area contributed by atoms with Crippen LogP contribution in [-0.2, 0) is 79.4 Å². The Labute approximate surface area is 778 Å². The molecule has 2 aliphatic carbocycles. The number of carbonyl (C=O) groups is 11. The van der Waals surface area contributed by atoms with Crippen molar-refractivity contribution >= 4 is 127 Å². The van der Waals surface area contributed by atoms with Crippen LogP contribution in [0.4, 0.5) is 28.8 Å². The van der Waals surface area contributed by atoms with E-state index in [1.165, 1.54) is 59.6 Å². The van der Waals surface area contributed by atoms with Gasteiger partial charge in [0.05, 0.1) is 38.0 Å². The van der Waals surface area contributed by atoms with Crippen molar-refractivity contribution in [2.45, 2.75) is 235 Å². The largest absolute Gasteiger partial charge is 0.484 e. The lowest BCUT2D eigenvalue weighted by Gasteiger charge is -2.28. The first-order chi connectivity index (χ1) is 60.4. The lowest BCUT2D eigenvalue weighted by molar-refractivity contribution is -0.155. The molecule has 1 unspecified atom stereocenters. The predicted octanol–water partition coefficient (Wildman–Crippen LogP) is 20.6. The number of imide groups is 2. The molecule has 0 fully saturated rings. The molecule has 7 aromatic rings. The number of urea groups is 1. The van der Waals surface area contributed by atoms with Crippen molar-refractivity contribution < 1.29 is 100 Å². The fourth-order valence-corrected chi connectivity index (χ4v) is 14.4. The Kier molecular flexibility index (Phi) is 47.9. The van der Waals surface area contributed by atoms with Crippen LogP contribution in [0.1, 0.15) is 225 Å². The Bertz CT molecular complexity index is 4500. The number of hydrazone groups is 1. The minimum absolute atomic E-state index is 0.0602. The number of halogens is 2. The molecular formula is C96H129Br2N7O21S2. The van der Waals surface area contributed by atoms with Crippen molar-refractivity contribution in [2.75, 3.05) is 63.3 Å². The van der Waals surface area contributed by atoms with E-state index in [1.807, 2.05) is 127 Å². The number of nitrogens with one attached hydrogen (secondary N) is 5. The predicted molar refractivity (Wildman–Crippen MR) is 506 cm³/mol. The monoisotopic (exact) mass is 1940 g/mol. The minimum Gasteiger partial charge on any atom is -0.484 e. The van der Waals surface area contributed by atoms with Gasteiger partial charge in [0, 0.05) is 65.0 Å². The summed E-state index contributed by atoms with van der Waals surface area (Å²) in [7, 11) is 0. The molecule has 5 aromatic carbocycles. The highest BCUT2D eigenvalue weighted by atomic mass is 79.9. The second-order valence-corrected chi connectivity index (χ2v) is 37.5. The van der Waals surface area contributed by atoms with Crippen LogP contribution in [-0.4, -0.2) is 175 Å². The molecule has 32 heteroatoms. The van der Waals surface area contributed by atoms with E-state index >= 15 is 0 Å². The van der Waals surface area contributed by atoms with E-state index in [4.69, 9.17) is 47.4 Å². The summed E-state index contributed by atoms with van der Waals surface area (Å²) in [5.41, 5.74) is 9.24. The van der Waals surface area contributed by atoms with E-state index in [-0.39, 0.29) is 67.7 Å². The first-order valence-electron chi connectivity index (χ1n) is 42.5. The number of amides is 8. The smallest absolute Gasteiger partial charge is 0.419 e. The maximum absolute atomic E-state index is 12.9. The van der Waals surface area contributed by atoms with Gasteiger partial charge >= 0.3 is 60.4 Å². The maximum Gasteiger partial charge on any atom is 0.419 e. The Balaban J connectivity index is 0.000000363. The molecule has 0 spiro atoms. The third-order valence-electron chi connectivity index (χ3n) is 17.2. The van der Waals surface area contributed by atoms with Gasteiger partial charge in [0.2, 0.25) is 0 Å². The number of benzene rings is 5. The molecule has 8 amide bonds. The van der Waals surface area contributed by atoms with Crippen LogP contribution in [0.2, 0.25) is 0 Å². The molecule has 128 heavy (non-hydrogen) atoms. The average molecular weight is 1940 g/mol. The zero-order valence-corrected chi connectivity index (χ0v) is 82.0. The number of rotatable bonds is 30. The van der Waals surface area contributed by atoms with E-state index < -0.39 is 76.5 Å². The van der Waals surface area contributed by atoms with E-state index in [0.29, 0.717) is 70.8 Å². The lowest BCUT2D eigenvalue weighted by Crippen LogP contribution is -2.44. The zero-order chi connectivity index (χ0) is 95.2. The van der Waals surface area contributed by atoms with Gasteiger partial charge < -0.3 is 63.3 Å². The van der Waals surface area contributed by atoms with E-state index in [1.54, 1.807) is 134 Å². The Hall–Kier alpha value is -10.7. The Morgan fingerprint density at radius 3 is 1.40 bits per heavy atom. The molecule has 9 rings (SSSR count). The standard InChI is InChI=1S/C36H43N5O7.C22H35NO6S.C16H14O2.C10H19NO4.C8H10O2S.C4H8Br2/c1-5-37-32(42)23-46-26-16-14-24(15-17-26)18-19-38-34(44)41-39-21-25(20-33(43)48-36(2,3)4)40-35(45)47-22-31-29-12-8-6-10-27(29)28-11-7-9-13-30(28)31;1-8-27-18(24)16(17-13-11-15-30-17)12-9-10-14-23(19(25)28-21(2,3)4)20(26)29-22(5,6)7;1-11(17)18-10-16-14-8-4-2-6-12(14)13-7-3-5-9-15(13)16;1-9(2,3)14-7(12)11-8(13)15-10(4,5)6;1-2-10-8(9)6-7-4-3-5-11-7;5-3-1-2-4-6/h6-17,21,25,31H,5,18-20,22-23H2,1-4H3,(H,37,42)(H,40,45)(H2,38,41,44);11,13,15-16H,8-10,12,14H2,1-7H3;2-9,16H,10H2,1H3;1-6H3,(H,11,12,13);3-5H,2,6H2,1H3;1-4H2/b39-21-;;;;;/t25-;;;;;/m0...../s1. The number of ether oxygens (including phenoxy) is 10. The highest BCUT2D eigenvalue weighted by Crippen LogP contribution is 2.46. The summed E-state index contributed by atoms with van der Waals surface area (Å²) in [5.74, 6) is -1.11. The number of hydrogen-bond acceptors (Lipinski definition) is 24. The molecular weight excluding hydrogens is 1810 g/mol. The highest BCUT2D eigenvalue weighted by Gasteiger charge is 2.34. The molecule has 700 valence electrons. The van der Waals surface area contributed by atoms with Crippen LogP contribution in [0.25, 0.3) is 22.3 Å². The minimum atomic E-state index is -0.912. The fraction of sp³-hybridized carbons (Fsp3) is 0.479. The molecule has 28 nitrogen and oxygen atoms in total. The van der Waals surface area contributed by atoms with Crippen molar-refractivity contribution in [1.82, 2.24) is 31.6 Å². The quantitative estimate of drug-likeness (QED) is 0.00697. The summed E-state index contributed by atoms with van der Waals surface area (Å²) in [5, 5.41) is 20.1. The molecule has 0 radical (unpaired) electrons. The van der Waals surface area contributed by atoms with Crippen molar-refractivity contribution in [2.24, 2.45) is 5.10 Å². The number of likely N-dealkylation sites (N-methyl/N-ethyl adjacent to an activating group) is 1. The first kappa shape index (κ1) is 110. The molecule has 5 N–H and O–H groups in total. The zero-order valence-electron chi connectivity index (χ0n) is 77.2. The van der Waals surface area contributed by atoms with Crippen molar-refractivity contribution in [3.05, 3.63) is 194 Å². The highest BCUT2D eigenvalue weighted by molar-refractivity contribution is 9.09. The van der Waals surface area contributed by atoms with Crippen LogP contribution in [0.15, 0.2) is 161 Å². The normalized spacial score (nSPS) is 12.2. The summed E-state index contributed by atoms with van der Waals surface area (Å²) >= 11 is 9.75. The van der Waals surface area contributed by atoms with Crippen LogP contribution in [0, 0.1) is 0 Å². The second kappa shape index (κ2) is 55.9. The second-order valence-electron chi connectivity index (χ2n) is 33.9. The summed E-state index contributed by atoms with van der Waals surface area (Å²) < 4.78 is 52.1. The van der Waals surface area contributed by atoms with Crippen LogP contribution < -0.4 is 31.4 Å². The number of carbonyl (C=O) groups excluding carboxylic acids is 11. The first-order valence-corrected chi connectivity index (χ1v) is 46.5. The van der Waals surface area contributed by atoms with Gasteiger partial charge in [-0.15, -0.1) is 22.7 Å². The lowest BCUT2D eigenvalue weighted by atomic mass is 9.98. The fourth-order valence-electron chi connectivity index (χ4n) is 12.1. The SMILES string of the molecule is BrCCCCBr.CC(=O)OCC1c2ccccc2-c2ccccc21.CC(C)(C)OC(=O)NC(=O)OC(C)(C)C.CCNC(=O)COc1ccc(CCNC(=O)N/N=C\[C@H](CC(=O)OC(C)(C)C)NC(=O)OCC2c3ccccc3-c3ccccc32)cc1.CCOC(=O)C(CCCCN(C(=O)OC(C)(C)C)C(=O)OC(C)(C)C)c1cccs1.CCOC(=O)Cc1cccs1. The number of thiophene rings is 2. The Morgan fingerprint density at radius 1 is 0.500 bits per heavy atom.